The third-order valence-corrected chi connectivity index (χ3v) is 7.10. The molecule has 186 valence electrons. The first kappa shape index (κ1) is 23.9. The maximum atomic E-state index is 12.7. The lowest BCUT2D eigenvalue weighted by molar-refractivity contribution is -0.121. The van der Waals surface area contributed by atoms with Crippen molar-refractivity contribution in [2.45, 2.75) is 26.1 Å². The highest BCUT2D eigenvalue weighted by atomic mass is 16.2. The Bertz CT molecular complexity index is 1380. The molecule has 5 rings (SSSR count). The van der Waals surface area contributed by atoms with Crippen LogP contribution in [0.5, 0.6) is 0 Å². The van der Waals surface area contributed by atoms with E-state index < -0.39 is 0 Å². The highest BCUT2D eigenvalue weighted by Crippen LogP contribution is 2.18. The van der Waals surface area contributed by atoms with Crippen LogP contribution in [0.3, 0.4) is 0 Å². The van der Waals surface area contributed by atoms with Gasteiger partial charge in [0.25, 0.3) is 0 Å². The second-order valence-corrected chi connectivity index (χ2v) is 9.38. The number of carbonyl (C=O) groups excluding carboxylic acids is 1. The Labute approximate surface area is 211 Å². The van der Waals surface area contributed by atoms with E-state index in [0.29, 0.717) is 13.1 Å². The lowest BCUT2D eigenvalue weighted by atomic mass is 10.1. The monoisotopic (exact) mass is 483 g/mol. The van der Waals surface area contributed by atoms with Gasteiger partial charge in [-0.05, 0) is 35.4 Å². The predicted octanol–water partition coefficient (Wildman–Crippen LogP) is 3.37. The summed E-state index contributed by atoms with van der Waals surface area (Å²) in [5.41, 5.74) is 5.31. The van der Waals surface area contributed by atoms with Gasteiger partial charge in [-0.3, -0.25) is 18.8 Å². The summed E-state index contributed by atoms with van der Waals surface area (Å²) in [5, 5.41) is 3.06. The van der Waals surface area contributed by atoms with E-state index >= 15 is 0 Å². The van der Waals surface area contributed by atoms with Crippen LogP contribution >= 0.6 is 0 Å². The first-order valence-corrected chi connectivity index (χ1v) is 12.6. The van der Waals surface area contributed by atoms with Crippen molar-refractivity contribution in [1.29, 1.82) is 0 Å². The van der Waals surface area contributed by atoms with E-state index in [2.05, 4.69) is 63.6 Å². The standard InChI is InChI=1S/C29H33N5O2/c1-31-26-13-7-8-14-27(26)34(29(31)36)16-15-28(35)30-21-23-9-5-6-10-24(23)22-32-17-19-33(20-18-32)25-11-3-2-4-12-25/h2-14H,15-22H2,1H3,(H,30,35). The number of hydrogen-bond acceptors (Lipinski definition) is 4. The van der Waals surface area contributed by atoms with Crippen LogP contribution in [0.15, 0.2) is 83.7 Å². The molecule has 36 heavy (non-hydrogen) atoms. The lowest BCUT2D eigenvalue weighted by Gasteiger charge is -2.36. The van der Waals surface area contributed by atoms with Crippen molar-refractivity contribution in [3.63, 3.8) is 0 Å². The van der Waals surface area contributed by atoms with Gasteiger partial charge in [-0.1, -0.05) is 54.6 Å². The molecular formula is C29H33N5O2. The van der Waals surface area contributed by atoms with Crippen molar-refractivity contribution in [1.82, 2.24) is 19.4 Å². The molecule has 1 fully saturated rings. The van der Waals surface area contributed by atoms with Gasteiger partial charge in [-0.25, -0.2) is 4.79 Å². The predicted molar refractivity (Wildman–Crippen MR) is 144 cm³/mol. The molecule has 0 unspecified atom stereocenters. The Kier molecular flexibility index (Phi) is 7.18. The highest BCUT2D eigenvalue weighted by molar-refractivity contribution is 5.78. The Hall–Kier alpha value is -3.84. The Morgan fingerprint density at radius 3 is 2.19 bits per heavy atom. The molecule has 7 heteroatoms. The maximum Gasteiger partial charge on any atom is 0.328 e. The number of anilines is 1. The maximum absolute atomic E-state index is 12.7. The fourth-order valence-electron chi connectivity index (χ4n) is 5.00. The molecule has 0 atom stereocenters. The smallest absolute Gasteiger partial charge is 0.328 e. The van der Waals surface area contributed by atoms with Gasteiger partial charge in [0.1, 0.15) is 0 Å². The first-order valence-electron chi connectivity index (χ1n) is 12.6. The van der Waals surface area contributed by atoms with Crippen LogP contribution in [-0.4, -0.2) is 46.1 Å². The number of rotatable bonds is 8. The SMILES string of the molecule is Cn1c(=O)n(CCC(=O)NCc2ccccc2CN2CCN(c3ccccc3)CC2)c2ccccc21. The molecule has 7 nitrogen and oxygen atoms in total. The van der Waals surface area contributed by atoms with Crippen molar-refractivity contribution in [3.8, 4) is 0 Å². The van der Waals surface area contributed by atoms with Gasteiger partial charge in [-0.2, -0.15) is 0 Å². The zero-order valence-electron chi connectivity index (χ0n) is 20.8. The lowest BCUT2D eigenvalue weighted by Crippen LogP contribution is -2.46. The number of hydrogen-bond donors (Lipinski definition) is 1. The largest absolute Gasteiger partial charge is 0.369 e. The van der Waals surface area contributed by atoms with E-state index in [4.69, 9.17) is 0 Å². The molecule has 1 aliphatic rings. The molecule has 0 bridgehead atoms. The summed E-state index contributed by atoms with van der Waals surface area (Å²) in [6.07, 6.45) is 0.261. The quantitative estimate of drug-likeness (QED) is 0.418. The molecule has 1 aromatic heterocycles. The Morgan fingerprint density at radius 2 is 1.44 bits per heavy atom. The van der Waals surface area contributed by atoms with E-state index in [9.17, 15) is 9.59 Å². The fraction of sp³-hybridized carbons (Fsp3) is 0.310. The van der Waals surface area contributed by atoms with E-state index in [1.54, 1.807) is 16.2 Å². The number of amides is 1. The van der Waals surface area contributed by atoms with Crippen LogP contribution in [0.2, 0.25) is 0 Å². The number of benzene rings is 3. The number of para-hydroxylation sites is 3. The normalized spacial score (nSPS) is 14.3. The summed E-state index contributed by atoms with van der Waals surface area (Å²) >= 11 is 0. The van der Waals surface area contributed by atoms with Crippen LogP contribution in [-0.2, 0) is 31.5 Å². The molecule has 1 aliphatic heterocycles. The van der Waals surface area contributed by atoms with Crippen molar-refractivity contribution < 1.29 is 4.79 Å². The average Bonchev–Trinajstić information content (AvgIpc) is 3.17. The van der Waals surface area contributed by atoms with Crippen LogP contribution in [0, 0.1) is 0 Å². The van der Waals surface area contributed by atoms with E-state index in [1.165, 1.54) is 11.3 Å². The second-order valence-electron chi connectivity index (χ2n) is 9.38. The van der Waals surface area contributed by atoms with Crippen LogP contribution < -0.4 is 15.9 Å². The zero-order chi connectivity index (χ0) is 24.9. The number of aromatic nitrogens is 2. The van der Waals surface area contributed by atoms with Gasteiger partial charge >= 0.3 is 5.69 Å². The van der Waals surface area contributed by atoms with Gasteiger partial charge in [-0.15, -0.1) is 0 Å². The number of nitrogens with zero attached hydrogens (tertiary/aromatic N) is 4. The molecule has 4 aromatic rings. The van der Waals surface area contributed by atoms with E-state index in [1.807, 2.05) is 30.3 Å². The van der Waals surface area contributed by atoms with Crippen LogP contribution in [0.25, 0.3) is 11.0 Å². The molecular weight excluding hydrogens is 450 g/mol. The summed E-state index contributed by atoms with van der Waals surface area (Å²) in [4.78, 5) is 30.2. The minimum absolute atomic E-state index is 0.0545. The van der Waals surface area contributed by atoms with Gasteiger partial charge in [0.05, 0.1) is 11.0 Å². The van der Waals surface area contributed by atoms with Crippen molar-refractivity contribution in [2.75, 3.05) is 31.1 Å². The number of nitrogens with one attached hydrogen (secondary N) is 1. The van der Waals surface area contributed by atoms with Crippen molar-refractivity contribution >= 4 is 22.6 Å². The molecule has 2 heterocycles. The summed E-state index contributed by atoms with van der Waals surface area (Å²) in [5.74, 6) is -0.0545. The van der Waals surface area contributed by atoms with Gasteiger partial charge in [0.2, 0.25) is 5.91 Å². The Morgan fingerprint density at radius 1 is 0.806 bits per heavy atom. The summed E-state index contributed by atoms with van der Waals surface area (Å²) in [6.45, 7) is 5.76. The minimum atomic E-state index is -0.0956. The number of piperazine rings is 1. The second kappa shape index (κ2) is 10.8. The number of aryl methyl sites for hydroxylation is 2. The minimum Gasteiger partial charge on any atom is -0.369 e. The third kappa shape index (κ3) is 5.21. The zero-order valence-corrected chi connectivity index (χ0v) is 20.8. The molecule has 1 N–H and O–H groups in total. The highest BCUT2D eigenvalue weighted by Gasteiger charge is 2.18. The molecule has 0 radical (unpaired) electrons. The first-order chi connectivity index (χ1) is 17.6. The van der Waals surface area contributed by atoms with Gasteiger partial charge in [0.15, 0.2) is 0 Å². The van der Waals surface area contributed by atoms with Crippen molar-refractivity contribution in [3.05, 3.63) is 100 Å². The Balaban J connectivity index is 1.15. The molecule has 0 spiro atoms. The van der Waals surface area contributed by atoms with Gasteiger partial charge < -0.3 is 10.2 Å². The van der Waals surface area contributed by atoms with Gasteiger partial charge in [0, 0.05) is 65.0 Å². The average molecular weight is 484 g/mol. The molecule has 3 aromatic carbocycles. The fourth-order valence-corrected chi connectivity index (χ4v) is 5.00. The number of carbonyl (C=O) groups is 1. The third-order valence-electron chi connectivity index (χ3n) is 7.10. The van der Waals surface area contributed by atoms with Crippen LogP contribution in [0.4, 0.5) is 5.69 Å². The topological polar surface area (TPSA) is 62.5 Å². The molecule has 1 saturated heterocycles. The molecule has 1 amide bonds. The van der Waals surface area contributed by atoms with Crippen molar-refractivity contribution in [2.24, 2.45) is 7.05 Å². The molecule has 0 aliphatic carbocycles. The summed E-state index contributed by atoms with van der Waals surface area (Å²) in [6, 6.07) is 26.6. The molecule has 0 saturated carbocycles. The van der Waals surface area contributed by atoms with E-state index in [0.717, 1.165) is 49.3 Å². The van der Waals surface area contributed by atoms with Crippen LogP contribution in [0.1, 0.15) is 17.5 Å². The summed E-state index contributed by atoms with van der Waals surface area (Å²) in [7, 11) is 1.76. The summed E-state index contributed by atoms with van der Waals surface area (Å²) < 4.78 is 3.31. The van der Waals surface area contributed by atoms with E-state index in [-0.39, 0.29) is 18.0 Å². The number of fused-ring (bicyclic) bond motifs is 1. The number of imidazole rings is 1.